The van der Waals surface area contributed by atoms with Crippen LogP contribution in [0.5, 0.6) is 5.75 Å². The van der Waals surface area contributed by atoms with Crippen molar-refractivity contribution in [3.63, 3.8) is 0 Å². The molecule has 0 saturated heterocycles. The van der Waals surface area contributed by atoms with Gasteiger partial charge in [-0.05, 0) is 36.1 Å². The Hall–Kier alpha value is -2.68. The van der Waals surface area contributed by atoms with Gasteiger partial charge in [0.2, 0.25) is 15.9 Å². The van der Waals surface area contributed by atoms with E-state index < -0.39 is 33.6 Å². The van der Waals surface area contributed by atoms with Gasteiger partial charge in [-0.25, -0.2) is 17.2 Å². The molecule has 1 atom stereocenters. The lowest BCUT2D eigenvalue weighted by molar-refractivity contribution is -0.121. The van der Waals surface area contributed by atoms with E-state index in [1.54, 1.807) is 0 Å². The number of halogens is 2. The zero-order chi connectivity index (χ0) is 23.4. The van der Waals surface area contributed by atoms with Crippen LogP contribution in [0.3, 0.4) is 0 Å². The van der Waals surface area contributed by atoms with Gasteiger partial charge in [-0.15, -0.1) is 0 Å². The van der Waals surface area contributed by atoms with Crippen molar-refractivity contribution >= 4 is 21.6 Å². The van der Waals surface area contributed by atoms with Crippen molar-refractivity contribution in [3.8, 4) is 5.75 Å². The maximum absolute atomic E-state index is 13.6. The first kappa shape index (κ1) is 24.6. The first-order valence-electron chi connectivity index (χ1n) is 9.77. The van der Waals surface area contributed by atoms with Crippen molar-refractivity contribution in [3.05, 3.63) is 59.7 Å². The lowest BCUT2D eigenvalue weighted by atomic mass is 9.86. The fraction of sp³-hybridized carbons (Fsp3) is 0.409. The summed E-state index contributed by atoms with van der Waals surface area (Å²) in [6.07, 6.45) is 0.893. The van der Waals surface area contributed by atoms with Crippen molar-refractivity contribution in [2.24, 2.45) is 0 Å². The molecule has 170 valence electrons. The largest absolute Gasteiger partial charge is 0.491 e. The molecule has 0 heterocycles. The first-order chi connectivity index (χ1) is 14.3. The molecule has 6 nitrogen and oxygen atoms in total. The van der Waals surface area contributed by atoms with Gasteiger partial charge >= 0.3 is 0 Å². The summed E-state index contributed by atoms with van der Waals surface area (Å²) in [7, 11) is -3.94. The lowest BCUT2D eigenvalue weighted by Crippen LogP contribution is -2.48. The number of rotatable bonds is 8. The number of hydrogen-bond acceptors (Lipinski definition) is 4. The summed E-state index contributed by atoms with van der Waals surface area (Å²) < 4.78 is 57.8. The molecule has 1 amide bonds. The SMILES string of the molecule is C[C@@H](C(=O)NCCOc1ccccc1C(C)(C)C)N(c1ccc(F)c(F)c1)S(C)(=O)=O. The molecular formula is C22H28F2N2O4S. The summed E-state index contributed by atoms with van der Waals surface area (Å²) in [6.45, 7) is 7.88. The van der Waals surface area contributed by atoms with E-state index >= 15 is 0 Å². The topological polar surface area (TPSA) is 75.7 Å². The zero-order valence-corrected chi connectivity index (χ0v) is 19.1. The number of sulfonamides is 1. The first-order valence-corrected chi connectivity index (χ1v) is 11.6. The highest BCUT2D eigenvalue weighted by Crippen LogP contribution is 2.30. The Morgan fingerprint density at radius 3 is 2.35 bits per heavy atom. The molecule has 31 heavy (non-hydrogen) atoms. The molecule has 0 aliphatic heterocycles. The molecule has 0 bridgehead atoms. The minimum Gasteiger partial charge on any atom is -0.491 e. The number of carbonyl (C=O) groups is 1. The molecule has 0 aliphatic carbocycles. The van der Waals surface area contributed by atoms with Gasteiger partial charge in [-0.3, -0.25) is 9.10 Å². The van der Waals surface area contributed by atoms with Gasteiger partial charge in [0.15, 0.2) is 11.6 Å². The normalized spacial score (nSPS) is 12.9. The molecule has 0 radical (unpaired) electrons. The van der Waals surface area contributed by atoms with E-state index in [0.717, 1.165) is 34.3 Å². The lowest BCUT2D eigenvalue weighted by Gasteiger charge is -2.28. The average Bonchev–Trinajstić information content (AvgIpc) is 2.66. The number of nitrogens with one attached hydrogen (secondary N) is 1. The van der Waals surface area contributed by atoms with Crippen molar-refractivity contribution in [1.29, 1.82) is 0 Å². The van der Waals surface area contributed by atoms with E-state index in [1.165, 1.54) is 6.92 Å². The number of carbonyl (C=O) groups excluding carboxylic acids is 1. The van der Waals surface area contributed by atoms with Gasteiger partial charge in [0.25, 0.3) is 0 Å². The quantitative estimate of drug-likeness (QED) is 0.619. The standard InChI is InChI=1S/C22H28F2N2O4S/c1-15(26(31(5,28)29)16-10-11-18(23)19(24)14-16)21(27)25-12-13-30-20-9-7-6-8-17(20)22(2,3)4/h6-11,14-15H,12-13H2,1-5H3,(H,25,27)/t15-/m0/s1. The van der Waals surface area contributed by atoms with Crippen LogP contribution < -0.4 is 14.4 Å². The minimum absolute atomic E-state index is 0.116. The van der Waals surface area contributed by atoms with E-state index in [1.807, 2.05) is 24.3 Å². The van der Waals surface area contributed by atoms with Crippen LogP contribution in [-0.2, 0) is 20.2 Å². The molecule has 2 aromatic rings. The molecule has 9 heteroatoms. The van der Waals surface area contributed by atoms with Crippen LogP contribution in [0.1, 0.15) is 33.3 Å². The van der Waals surface area contributed by atoms with E-state index in [0.29, 0.717) is 5.75 Å². The van der Waals surface area contributed by atoms with E-state index in [4.69, 9.17) is 4.74 Å². The number of ether oxygens (including phenoxy) is 1. The Labute approximate surface area is 182 Å². The fourth-order valence-electron chi connectivity index (χ4n) is 3.13. The summed E-state index contributed by atoms with van der Waals surface area (Å²) in [4.78, 5) is 12.6. The second-order valence-corrected chi connectivity index (χ2v) is 10.1. The summed E-state index contributed by atoms with van der Waals surface area (Å²) >= 11 is 0. The van der Waals surface area contributed by atoms with Gasteiger partial charge in [0.05, 0.1) is 18.5 Å². The molecule has 1 N–H and O–H groups in total. The third kappa shape index (κ3) is 6.40. The third-order valence-electron chi connectivity index (χ3n) is 4.60. The van der Waals surface area contributed by atoms with Gasteiger partial charge in [-0.2, -0.15) is 0 Å². The molecule has 2 rings (SSSR count). The monoisotopic (exact) mass is 454 g/mol. The second kappa shape index (κ2) is 9.64. The summed E-state index contributed by atoms with van der Waals surface area (Å²) in [5.74, 6) is -2.20. The van der Waals surface area contributed by atoms with E-state index in [9.17, 15) is 22.0 Å². The van der Waals surface area contributed by atoms with Crippen LogP contribution in [0, 0.1) is 11.6 Å². The van der Waals surface area contributed by atoms with Crippen LogP contribution in [-0.4, -0.2) is 39.8 Å². The van der Waals surface area contributed by atoms with Crippen LogP contribution in [0.2, 0.25) is 0 Å². The highest BCUT2D eigenvalue weighted by atomic mass is 32.2. The maximum atomic E-state index is 13.6. The van der Waals surface area contributed by atoms with E-state index in [2.05, 4.69) is 26.1 Å². The van der Waals surface area contributed by atoms with Crippen LogP contribution >= 0.6 is 0 Å². The molecule has 0 fully saturated rings. The highest BCUT2D eigenvalue weighted by molar-refractivity contribution is 7.92. The Bertz CT molecular complexity index is 1040. The highest BCUT2D eigenvalue weighted by Gasteiger charge is 2.29. The molecule has 2 aromatic carbocycles. The van der Waals surface area contributed by atoms with E-state index in [-0.39, 0.29) is 24.3 Å². The minimum atomic E-state index is -3.94. The van der Waals surface area contributed by atoms with Crippen molar-refractivity contribution in [1.82, 2.24) is 5.32 Å². The molecule has 0 spiro atoms. The number of nitrogens with zero attached hydrogens (tertiary/aromatic N) is 1. The Kier molecular flexibility index (Phi) is 7.64. The van der Waals surface area contributed by atoms with Crippen molar-refractivity contribution in [2.45, 2.75) is 39.2 Å². The van der Waals surface area contributed by atoms with Gasteiger partial charge < -0.3 is 10.1 Å². The average molecular weight is 455 g/mol. The van der Waals surface area contributed by atoms with Crippen molar-refractivity contribution < 1.29 is 26.7 Å². The Morgan fingerprint density at radius 2 is 1.77 bits per heavy atom. The molecule has 0 saturated carbocycles. The number of para-hydroxylation sites is 1. The van der Waals surface area contributed by atoms with Crippen LogP contribution in [0.4, 0.5) is 14.5 Å². The summed E-state index contributed by atoms with van der Waals surface area (Å²) in [5, 5.41) is 2.62. The Balaban J connectivity index is 2.05. The van der Waals surface area contributed by atoms with Crippen LogP contribution in [0.15, 0.2) is 42.5 Å². The van der Waals surface area contributed by atoms with Gasteiger partial charge in [-0.1, -0.05) is 39.0 Å². The second-order valence-electron chi connectivity index (χ2n) is 8.22. The zero-order valence-electron chi connectivity index (χ0n) is 18.3. The number of hydrogen-bond donors (Lipinski definition) is 1. The summed E-state index contributed by atoms with van der Waals surface area (Å²) in [5.41, 5.74) is 0.769. The Morgan fingerprint density at radius 1 is 1.13 bits per heavy atom. The summed E-state index contributed by atoms with van der Waals surface area (Å²) in [6, 6.07) is 9.09. The molecule has 0 unspecified atom stereocenters. The predicted octanol–water partition coefficient (Wildman–Crippen LogP) is 3.61. The van der Waals surface area contributed by atoms with Gasteiger partial charge in [0, 0.05) is 6.07 Å². The smallest absolute Gasteiger partial charge is 0.243 e. The fourth-order valence-corrected chi connectivity index (χ4v) is 4.29. The number of benzene rings is 2. The van der Waals surface area contributed by atoms with Crippen molar-refractivity contribution in [2.75, 3.05) is 23.7 Å². The molecular weight excluding hydrogens is 426 g/mol. The van der Waals surface area contributed by atoms with Gasteiger partial charge in [0.1, 0.15) is 18.4 Å². The number of anilines is 1. The third-order valence-corrected chi connectivity index (χ3v) is 5.84. The number of amides is 1. The maximum Gasteiger partial charge on any atom is 0.243 e. The predicted molar refractivity (Wildman–Crippen MR) is 117 cm³/mol. The molecule has 0 aromatic heterocycles. The molecule has 0 aliphatic rings. The van der Waals surface area contributed by atoms with Crippen LogP contribution in [0.25, 0.3) is 0 Å².